The van der Waals surface area contributed by atoms with E-state index < -0.39 is 16.1 Å². The fourth-order valence-corrected chi connectivity index (χ4v) is 4.08. The average molecular weight is 558 g/mol. The van der Waals surface area contributed by atoms with Gasteiger partial charge in [0.1, 0.15) is 24.3 Å². The van der Waals surface area contributed by atoms with Crippen LogP contribution in [0.2, 0.25) is 0 Å². The highest BCUT2D eigenvalue weighted by molar-refractivity contribution is 14.0. The first-order valence-corrected chi connectivity index (χ1v) is 11.5. The van der Waals surface area contributed by atoms with E-state index in [2.05, 4.69) is 15.6 Å². The maximum absolute atomic E-state index is 12.9. The zero-order valence-corrected chi connectivity index (χ0v) is 20.5. The number of aliphatic hydroxyl groups excluding tert-OH is 1. The Hall–Kier alpha value is -1.18. The molecular weight excluding hydrogens is 526 g/mol. The Labute approximate surface area is 195 Å². The number of piperidine rings is 1. The molecule has 0 aliphatic carbocycles. The Balaban J connectivity index is 0.00000450. The molecule has 0 spiro atoms. The van der Waals surface area contributed by atoms with Crippen molar-refractivity contribution in [1.82, 2.24) is 14.9 Å². The first-order valence-electron chi connectivity index (χ1n) is 9.93. The lowest BCUT2D eigenvalue weighted by atomic mass is 10.1. The number of aliphatic imine (C=N–C) groups is 1. The van der Waals surface area contributed by atoms with Crippen LogP contribution in [0.15, 0.2) is 29.3 Å². The number of nitrogens with zero attached hydrogens (tertiary/aromatic N) is 2. The molecule has 30 heavy (non-hydrogen) atoms. The number of hydrogen-bond acceptors (Lipinski definition) is 5. The topological polar surface area (TPSA) is 103 Å². The highest BCUT2D eigenvalue weighted by atomic mass is 127. The van der Waals surface area contributed by atoms with Gasteiger partial charge in [-0.3, -0.25) is 4.99 Å². The maximum Gasteiger partial charge on any atom is 0.213 e. The van der Waals surface area contributed by atoms with Gasteiger partial charge in [0.15, 0.2) is 5.96 Å². The van der Waals surface area contributed by atoms with E-state index in [1.807, 2.05) is 6.92 Å². The molecule has 0 saturated carbocycles. The molecule has 0 radical (unpaired) electrons. The van der Waals surface area contributed by atoms with Crippen LogP contribution >= 0.6 is 24.0 Å². The molecule has 3 N–H and O–H groups in total. The molecular formula is C19H32FIN4O4S. The van der Waals surface area contributed by atoms with Gasteiger partial charge < -0.3 is 20.5 Å². The van der Waals surface area contributed by atoms with E-state index in [4.69, 9.17) is 4.74 Å². The minimum atomic E-state index is -3.14. The summed E-state index contributed by atoms with van der Waals surface area (Å²) in [5, 5.41) is 16.5. The molecule has 172 valence electrons. The van der Waals surface area contributed by atoms with Crippen molar-refractivity contribution in [2.24, 2.45) is 4.99 Å². The number of rotatable bonds is 9. The maximum atomic E-state index is 12.9. The van der Waals surface area contributed by atoms with E-state index in [1.54, 1.807) is 6.92 Å². The molecule has 1 atom stereocenters. The molecule has 0 amide bonds. The molecule has 11 heteroatoms. The molecule has 1 fully saturated rings. The molecule has 1 aromatic rings. The third kappa shape index (κ3) is 8.90. The Bertz CT molecular complexity index is 756. The SMILES string of the molecule is CCNC(=NCC(O)COc1ccc(F)cc1)NC1CCN(S(=O)(=O)CC)CC1.I. The molecule has 1 aromatic carbocycles. The summed E-state index contributed by atoms with van der Waals surface area (Å²) in [6.07, 6.45) is 0.576. The van der Waals surface area contributed by atoms with Gasteiger partial charge >= 0.3 is 0 Å². The van der Waals surface area contributed by atoms with Gasteiger partial charge in [-0.25, -0.2) is 17.1 Å². The van der Waals surface area contributed by atoms with Crippen molar-refractivity contribution in [3.05, 3.63) is 30.1 Å². The monoisotopic (exact) mass is 558 g/mol. The Morgan fingerprint density at radius 2 is 1.93 bits per heavy atom. The van der Waals surface area contributed by atoms with Crippen molar-refractivity contribution in [2.45, 2.75) is 38.8 Å². The highest BCUT2D eigenvalue weighted by Crippen LogP contribution is 2.14. The van der Waals surface area contributed by atoms with Crippen molar-refractivity contribution >= 4 is 40.0 Å². The van der Waals surface area contributed by atoms with Gasteiger partial charge in [-0.05, 0) is 51.0 Å². The molecule has 1 saturated heterocycles. The van der Waals surface area contributed by atoms with Crippen LogP contribution in [0, 0.1) is 5.82 Å². The van der Waals surface area contributed by atoms with Crippen molar-refractivity contribution in [3.63, 3.8) is 0 Å². The zero-order chi connectivity index (χ0) is 21.3. The largest absolute Gasteiger partial charge is 0.491 e. The molecule has 0 aromatic heterocycles. The van der Waals surface area contributed by atoms with Gasteiger partial charge in [0.05, 0.1) is 12.3 Å². The van der Waals surface area contributed by atoms with E-state index in [-0.39, 0.29) is 54.7 Å². The van der Waals surface area contributed by atoms with Gasteiger partial charge in [-0.1, -0.05) is 0 Å². The second kappa shape index (κ2) is 13.3. The first kappa shape index (κ1) is 26.9. The van der Waals surface area contributed by atoms with Crippen LogP contribution < -0.4 is 15.4 Å². The number of aliphatic hydroxyl groups is 1. The zero-order valence-electron chi connectivity index (χ0n) is 17.4. The van der Waals surface area contributed by atoms with Gasteiger partial charge in [0.2, 0.25) is 10.0 Å². The van der Waals surface area contributed by atoms with Gasteiger partial charge in [-0.15, -0.1) is 24.0 Å². The van der Waals surface area contributed by atoms with Crippen molar-refractivity contribution < 1.29 is 22.7 Å². The molecule has 1 unspecified atom stereocenters. The van der Waals surface area contributed by atoms with Gasteiger partial charge in [0.25, 0.3) is 0 Å². The molecule has 1 aliphatic rings. The summed E-state index contributed by atoms with van der Waals surface area (Å²) in [7, 11) is -3.14. The summed E-state index contributed by atoms with van der Waals surface area (Å²) >= 11 is 0. The number of benzene rings is 1. The lowest BCUT2D eigenvalue weighted by molar-refractivity contribution is 0.114. The normalized spacial score (nSPS) is 17.1. The molecule has 0 bridgehead atoms. The number of ether oxygens (including phenoxy) is 1. The molecule has 1 aliphatic heterocycles. The third-order valence-electron chi connectivity index (χ3n) is 4.61. The molecule has 2 rings (SSSR count). The summed E-state index contributed by atoms with van der Waals surface area (Å²) in [6, 6.07) is 5.71. The van der Waals surface area contributed by atoms with Crippen LogP contribution in [-0.2, 0) is 10.0 Å². The Kier molecular flexibility index (Phi) is 11.9. The predicted molar refractivity (Wildman–Crippen MR) is 126 cm³/mol. The van der Waals surface area contributed by atoms with Crippen LogP contribution in [0.5, 0.6) is 5.75 Å². The van der Waals surface area contributed by atoms with Crippen LogP contribution in [0.4, 0.5) is 4.39 Å². The molecule has 8 nitrogen and oxygen atoms in total. The van der Waals surface area contributed by atoms with Gasteiger partial charge in [0, 0.05) is 25.7 Å². The lowest BCUT2D eigenvalue weighted by Crippen LogP contribution is -2.50. The number of nitrogens with one attached hydrogen (secondary N) is 2. The van der Waals surface area contributed by atoms with Crippen molar-refractivity contribution in [1.29, 1.82) is 0 Å². The van der Waals surface area contributed by atoms with E-state index in [0.717, 1.165) is 0 Å². The third-order valence-corrected chi connectivity index (χ3v) is 6.49. The van der Waals surface area contributed by atoms with E-state index >= 15 is 0 Å². The minimum absolute atomic E-state index is 0. The van der Waals surface area contributed by atoms with Crippen LogP contribution in [0.1, 0.15) is 26.7 Å². The number of halogens is 2. The fourth-order valence-electron chi connectivity index (χ4n) is 2.95. The van der Waals surface area contributed by atoms with Crippen LogP contribution in [0.3, 0.4) is 0 Å². The summed E-state index contributed by atoms with van der Waals surface area (Å²) in [5.74, 6) is 0.827. The standard InChI is InChI=1S/C19H31FN4O4S.HI/c1-3-21-19(23-16-9-11-24(12-10-16)29(26,27)4-2)22-13-17(25)14-28-18-7-5-15(20)6-8-18;/h5-8,16-17,25H,3-4,9-14H2,1-2H3,(H2,21,22,23);1H. The summed E-state index contributed by atoms with van der Waals surface area (Å²) in [6.45, 7) is 5.42. The summed E-state index contributed by atoms with van der Waals surface area (Å²) in [5.41, 5.74) is 0. The second-order valence-electron chi connectivity index (χ2n) is 6.86. The Morgan fingerprint density at radius 3 is 2.50 bits per heavy atom. The van der Waals surface area contributed by atoms with Crippen LogP contribution in [0.25, 0.3) is 0 Å². The summed E-state index contributed by atoms with van der Waals surface area (Å²) in [4.78, 5) is 4.39. The lowest BCUT2D eigenvalue weighted by Gasteiger charge is -2.32. The van der Waals surface area contributed by atoms with Crippen molar-refractivity contribution in [3.8, 4) is 5.75 Å². The number of guanidine groups is 1. The first-order chi connectivity index (χ1) is 13.8. The van der Waals surface area contributed by atoms with E-state index in [9.17, 15) is 17.9 Å². The van der Waals surface area contributed by atoms with Gasteiger partial charge in [-0.2, -0.15) is 0 Å². The number of hydrogen-bond donors (Lipinski definition) is 3. The highest BCUT2D eigenvalue weighted by Gasteiger charge is 2.27. The quantitative estimate of drug-likeness (QED) is 0.242. The Morgan fingerprint density at radius 1 is 1.30 bits per heavy atom. The fraction of sp³-hybridized carbons (Fsp3) is 0.632. The average Bonchev–Trinajstić information content (AvgIpc) is 2.72. The summed E-state index contributed by atoms with van der Waals surface area (Å²) < 4.78 is 43.8. The minimum Gasteiger partial charge on any atom is -0.491 e. The second-order valence-corrected chi connectivity index (χ2v) is 9.11. The molecule has 1 heterocycles. The smallest absolute Gasteiger partial charge is 0.213 e. The predicted octanol–water partition coefficient (Wildman–Crippen LogP) is 1.55. The number of sulfonamides is 1. The van der Waals surface area contributed by atoms with E-state index in [1.165, 1.54) is 28.6 Å². The van der Waals surface area contributed by atoms with Crippen molar-refractivity contribution in [2.75, 3.05) is 38.5 Å². The van der Waals surface area contributed by atoms with E-state index in [0.29, 0.717) is 44.2 Å². The van der Waals surface area contributed by atoms with Crippen LogP contribution in [-0.4, -0.2) is 74.5 Å².